The van der Waals surface area contributed by atoms with Gasteiger partial charge in [0.1, 0.15) is 22.4 Å². The second kappa shape index (κ2) is 7.90. The summed E-state index contributed by atoms with van der Waals surface area (Å²) >= 11 is 2.69. The summed E-state index contributed by atoms with van der Waals surface area (Å²) in [6.45, 7) is 7.73. The van der Waals surface area contributed by atoms with Crippen molar-refractivity contribution in [1.82, 2.24) is 0 Å². The molecule has 0 spiro atoms. The fraction of sp³-hybridized carbons (Fsp3) is 0.125. The zero-order chi connectivity index (χ0) is 15.1. The zero-order valence-electron chi connectivity index (χ0n) is 11.5. The van der Waals surface area contributed by atoms with Crippen LogP contribution >= 0.6 is 23.5 Å². The summed E-state index contributed by atoms with van der Waals surface area (Å²) in [6, 6.07) is 7.51. The van der Waals surface area contributed by atoms with Crippen LogP contribution in [0.3, 0.4) is 0 Å². The fourth-order valence-electron chi connectivity index (χ4n) is 1.55. The molecule has 0 aromatic heterocycles. The minimum atomic E-state index is -0.0199. The average Bonchev–Trinajstić information content (AvgIpc) is 2.84. The van der Waals surface area contributed by atoms with Gasteiger partial charge in [-0.25, -0.2) is 4.99 Å². The number of ether oxygens (including phenoxy) is 1. The highest BCUT2D eigenvalue weighted by Crippen LogP contribution is 2.31. The van der Waals surface area contributed by atoms with Gasteiger partial charge in [0.15, 0.2) is 0 Å². The molecule has 0 saturated heterocycles. The van der Waals surface area contributed by atoms with E-state index in [-0.39, 0.29) is 5.12 Å². The number of hydrogen-bond donors (Lipinski definition) is 0. The van der Waals surface area contributed by atoms with Gasteiger partial charge in [-0.05, 0) is 35.5 Å². The maximum atomic E-state index is 11.9. The first-order valence-electron chi connectivity index (χ1n) is 6.33. The van der Waals surface area contributed by atoms with Crippen LogP contribution in [-0.2, 0) is 4.79 Å². The van der Waals surface area contributed by atoms with Crippen molar-refractivity contribution >= 4 is 39.1 Å². The van der Waals surface area contributed by atoms with Gasteiger partial charge in [-0.3, -0.25) is 4.79 Å². The molecule has 0 unspecified atom stereocenters. The van der Waals surface area contributed by atoms with E-state index in [1.54, 1.807) is 18.2 Å². The van der Waals surface area contributed by atoms with E-state index in [0.717, 1.165) is 21.4 Å². The molecule has 0 radical (unpaired) electrons. The molecule has 0 atom stereocenters. The Hall–Kier alpha value is -1.72. The van der Waals surface area contributed by atoms with E-state index in [1.165, 1.54) is 23.5 Å². The number of carbonyl (C=O) groups excluding carboxylic acids is 1. The summed E-state index contributed by atoms with van der Waals surface area (Å²) < 4.78 is 6.19. The van der Waals surface area contributed by atoms with Crippen molar-refractivity contribution in [3.05, 3.63) is 60.8 Å². The van der Waals surface area contributed by atoms with Crippen LogP contribution in [-0.4, -0.2) is 21.9 Å². The molecule has 21 heavy (non-hydrogen) atoms. The van der Waals surface area contributed by atoms with Crippen LogP contribution in [0, 0.1) is 0 Å². The molecule has 2 rings (SSSR count). The van der Waals surface area contributed by atoms with E-state index in [0.29, 0.717) is 12.3 Å². The molecule has 0 bridgehead atoms. The lowest BCUT2D eigenvalue weighted by atomic mass is 10.2. The maximum Gasteiger partial charge on any atom is 0.244 e. The maximum absolute atomic E-state index is 11.9. The third kappa shape index (κ3) is 4.65. The van der Waals surface area contributed by atoms with Crippen molar-refractivity contribution in [3.8, 4) is 5.75 Å². The van der Waals surface area contributed by atoms with Crippen LogP contribution in [0.2, 0.25) is 0 Å². The van der Waals surface area contributed by atoms with E-state index >= 15 is 0 Å². The molecular weight excluding hydrogens is 302 g/mol. The monoisotopic (exact) mass is 317 g/mol. The quantitative estimate of drug-likeness (QED) is 0.584. The van der Waals surface area contributed by atoms with Crippen LogP contribution in [0.15, 0.2) is 60.3 Å². The molecule has 1 aromatic rings. The number of carbonyl (C=O) groups is 1. The smallest absolute Gasteiger partial charge is 0.244 e. The molecule has 1 aliphatic rings. The van der Waals surface area contributed by atoms with E-state index < -0.39 is 0 Å². The predicted octanol–water partition coefficient (Wildman–Crippen LogP) is 4.14. The first kappa shape index (κ1) is 15.7. The van der Waals surface area contributed by atoms with E-state index in [9.17, 15) is 4.79 Å². The van der Waals surface area contributed by atoms with Crippen molar-refractivity contribution in [2.24, 2.45) is 4.99 Å². The largest absolute Gasteiger partial charge is 0.490 e. The zero-order valence-corrected chi connectivity index (χ0v) is 13.1. The molecule has 1 heterocycles. The van der Waals surface area contributed by atoms with Gasteiger partial charge in [0.2, 0.25) is 5.12 Å². The number of hydrogen-bond acceptors (Lipinski definition) is 5. The summed E-state index contributed by atoms with van der Waals surface area (Å²) in [7, 11) is 0. The molecule has 0 amide bonds. The molecule has 5 heteroatoms. The minimum Gasteiger partial charge on any atom is -0.490 e. The third-order valence-electron chi connectivity index (χ3n) is 2.48. The Morgan fingerprint density at radius 3 is 2.67 bits per heavy atom. The van der Waals surface area contributed by atoms with Crippen LogP contribution < -0.4 is 4.74 Å². The summed E-state index contributed by atoms with van der Waals surface area (Å²) in [5.74, 6) is 1.52. The molecule has 3 nitrogen and oxygen atoms in total. The number of aliphatic imine (C=N–C) groups is 1. The van der Waals surface area contributed by atoms with Crippen LogP contribution in [0.4, 0.5) is 0 Å². The van der Waals surface area contributed by atoms with Gasteiger partial charge < -0.3 is 4.74 Å². The lowest BCUT2D eigenvalue weighted by Gasteiger charge is -2.02. The van der Waals surface area contributed by atoms with Crippen LogP contribution in [0.25, 0.3) is 6.08 Å². The lowest BCUT2D eigenvalue weighted by Crippen LogP contribution is -1.92. The average molecular weight is 317 g/mol. The van der Waals surface area contributed by atoms with Gasteiger partial charge in [0.05, 0.1) is 0 Å². The van der Waals surface area contributed by atoms with Gasteiger partial charge in [0.25, 0.3) is 0 Å². The molecule has 0 aliphatic carbocycles. The number of thioether (sulfide) groups is 2. The van der Waals surface area contributed by atoms with E-state index in [4.69, 9.17) is 4.74 Å². The molecule has 0 fully saturated rings. The molecular formula is C16H15NO2S2. The Morgan fingerprint density at radius 2 is 2.00 bits per heavy atom. The highest BCUT2D eigenvalue weighted by Gasteiger charge is 2.21. The summed E-state index contributed by atoms with van der Waals surface area (Å²) in [5, 5.41) is -0.0199. The molecule has 1 aromatic carbocycles. The molecule has 0 saturated carbocycles. The first-order valence-corrected chi connectivity index (χ1v) is 8.13. The van der Waals surface area contributed by atoms with Gasteiger partial charge in [-0.2, -0.15) is 0 Å². The fourth-order valence-corrected chi connectivity index (χ4v) is 3.16. The van der Waals surface area contributed by atoms with Crippen LogP contribution in [0.1, 0.15) is 5.56 Å². The van der Waals surface area contributed by atoms with Gasteiger partial charge in [0, 0.05) is 5.75 Å². The Kier molecular flexibility index (Phi) is 5.90. The second-order valence-electron chi connectivity index (χ2n) is 4.07. The molecule has 0 N–H and O–H groups in total. The number of benzene rings is 1. The SMILES string of the molecule is C=CCOc1ccc(/C=C2/N=C(SCC=C)SC2=O)cc1. The Labute approximate surface area is 132 Å². The van der Waals surface area contributed by atoms with E-state index in [2.05, 4.69) is 18.2 Å². The highest BCUT2D eigenvalue weighted by atomic mass is 32.2. The summed E-state index contributed by atoms with van der Waals surface area (Å²) in [6.07, 6.45) is 5.28. The van der Waals surface area contributed by atoms with Gasteiger partial charge in [-0.1, -0.05) is 42.6 Å². The van der Waals surface area contributed by atoms with Crippen molar-refractivity contribution in [2.45, 2.75) is 0 Å². The van der Waals surface area contributed by atoms with Crippen molar-refractivity contribution in [3.63, 3.8) is 0 Å². The Morgan fingerprint density at radius 1 is 1.24 bits per heavy atom. The number of rotatable bonds is 6. The topological polar surface area (TPSA) is 38.7 Å². The van der Waals surface area contributed by atoms with Crippen molar-refractivity contribution < 1.29 is 9.53 Å². The predicted molar refractivity (Wildman–Crippen MR) is 92.8 cm³/mol. The van der Waals surface area contributed by atoms with Crippen molar-refractivity contribution in [1.29, 1.82) is 0 Å². The van der Waals surface area contributed by atoms with Gasteiger partial charge in [-0.15, -0.1) is 6.58 Å². The highest BCUT2D eigenvalue weighted by molar-refractivity contribution is 8.45. The number of nitrogens with zero attached hydrogens (tertiary/aromatic N) is 1. The van der Waals surface area contributed by atoms with Gasteiger partial charge >= 0.3 is 0 Å². The van der Waals surface area contributed by atoms with Crippen molar-refractivity contribution in [2.75, 3.05) is 12.4 Å². The first-order chi connectivity index (χ1) is 10.2. The normalized spacial score (nSPS) is 15.9. The summed E-state index contributed by atoms with van der Waals surface area (Å²) in [4.78, 5) is 16.2. The Bertz CT molecular complexity index is 603. The minimum absolute atomic E-state index is 0.0199. The lowest BCUT2D eigenvalue weighted by molar-refractivity contribution is -0.107. The van der Waals surface area contributed by atoms with E-state index in [1.807, 2.05) is 24.3 Å². The Balaban J connectivity index is 2.08. The third-order valence-corrected chi connectivity index (χ3v) is 4.48. The molecule has 1 aliphatic heterocycles. The standard InChI is InChI=1S/C16H15NO2S2/c1-3-9-19-13-7-5-12(6-8-13)11-14-15(18)21-16(17-14)20-10-4-2/h3-8,11H,1-2,9-10H2/b14-11+. The summed E-state index contributed by atoms with van der Waals surface area (Å²) in [5.41, 5.74) is 1.40. The van der Waals surface area contributed by atoms with Crippen LogP contribution in [0.5, 0.6) is 5.75 Å². The second-order valence-corrected chi connectivity index (χ2v) is 6.29. The molecule has 108 valence electrons.